The van der Waals surface area contributed by atoms with Gasteiger partial charge in [0.05, 0.1) is 19.2 Å². The molecule has 0 bridgehead atoms. The van der Waals surface area contributed by atoms with Crippen LogP contribution in [-0.4, -0.2) is 24.5 Å². The van der Waals surface area contributed by atoms with E-state index in [1.807, 2.05) is 0 Å². The second-order valence-corrected chi connectivity index (χ2v) is 7.14. The monoisotopic (exact) mass is 316 g/mol. The van der Waals surface area contributed by atoms with Crippen LogP contribution in [0, 0.1) is 6.92 Å². The third kappa shape index (κ3) is 3.65. The first-order valence-electron chi connectivity index (χ1n) is 5.58. The molecular formula is C11H12N2O5S2. The van der Waals surface area contributed by atoms with E-state index in [-0.39, 0.29) is 23.1 Å². The number of nitrogens with one attached hydrogen (secondary N) is 1. The van der Waals surface area contributed by atoms with E-state index in [0.717, 1.165) is 11.3 Å². The summed E-state index contributed by atoms with van der Waals surface area (Å²) in [6.07, 6.45) is 1.30. The highest BCUT2D eigenvalue weighted by molar-refractivity contribution is 7.91. The fourth-order valence-corrected chi connectivity index (χ4v) is 3.82. The number of carboxylic acids is 1. The summed E-state index contributed by atoms with van der Waals surface area (Å²) in [5.74, 6) is -0.133. The number of aliphatic carboxylic acids is 1. The van der Waals surface area contributed by atoms with Crippen LogP contribution in [0.2, 0.25) is 0 Å². The summed E-state index contributed by atoms with van der Waals surface area (Å²) in [6, 6.07) is 2.87. The summed E-state index contributed by atoms with van der Waals surface area (Å²) in [4.78, 5) is 14.9. The molecular weight excluding hydrogens is 304 g/mol. The third-order valence-corrected chi connectivity index (χ3v) is 5.29. The number of carbonyl (C=O) groups is 1. The van der Waals surface area contributed by atoms with Gasteiger partial charge in [0.1, 0.15) is 9.97 Å². The first-order chi connectivity index (χ1) is 9.37. The molecule has 108 valence electrons. The van der Waals surface area contributed by atoms with Crippen molar-refractivity contribution < 1.29 is 22.7 Å². The number of oxazole rings is 1. The van der Waals surface area contributed by atoms with Gasteiger partial charge in [0.25, 0.3) is 10.0 Å². The molecule has 0 aromatic carbocycles. The summed E-state index contributed by atoms with van der Waals surface area (Å²) in [7, 11) is -3.69. The van der Waals surface area contributed by atoms with Crippen molar-refractivity contribution in [3.8, 4) is 0 Å². The zero-order chi connectivity index (χ0) is 14.8. The third-order valence-electron chi connectivity index (χ3n) is 2.31. The highest BCUT2D eigenvalue weighted by Crippen LogP contribution is 2.22. The number of rotatable bonds is 6. The maximum atomic E-state index is 12.0. The predicted octanol–water partition coefficient (Wildman–Crippen LogP) is 1.15. The van der Waals surface area contributed by atoms with E-state index in [4.69, 9.17) is 9.52 Å². The summed E-state index contributed by atoms with van der Waals surface area (Å²) in [5.41, 5.74) is 0. The van der Waals surface area contributed by atoms with Crippen molar-refractivity contribution in [2.45, 2.75) is 24.1 Å². The maximum Gasteiger partial charge on any atom is 0.308 e. The number of sulfonamides is 1. The van der Waals surface area contributed by atoms with Crippen molar-refractivity contribution in [3.63, 3.8) is 0 Å². The number of aryl methyl sites for hydroxylation is 1. The Balaban J connectivity index is 2.06. The lowest BCUT2D eigenvalue weighted by Crippen LogP contribution is -2.22. The molecule has 0 radical (unpaired) electrons. The first-order valence-corrected chi connectivity index (χ1v) is 7.88. The van der Waals surface area contributed by atoms with Gasteiger partial charge in [-0.25, -0.2) is 18.1 Å². The minimum atomic E-state index is -3.69. The van der Waals surface area contributed by atoms with Gasteiger partial charge in [-0.1, -0.05) is 0 Å². The molecule has 2 aromatic heterocycles. The first kappa shape index (κ1) is 14.7. The molecule has 0 aliphatic carbocycles. The molecule has 0 saturated carbocycles. The standard InChI is InChI=1S/C11H12N2O5S2/c1-7-5-12-9(18-7)6-13-20(16,17)11-3-2-8(19-11)4-10(14)15/h2-3,5,13H,4,6H2,1H3,(H,14,15). The Morgan fingerprint density at radius 3 is 2.85 bits per heavy atom. The zero-order valence-electron chi connectivity index (χ0n) is 10.5. The van der Waals surface area contributed by atoms with Crippen LogP contribution in [0.15, 0.2) is 27.0 Å². The molecule has 2 N–H and O–H groups in total. The normalized spacial score (nSPS) is 11.7. The Bertz CT molecular complexity index is 717. The lowest BCUT2D eigenvalue weighted by molar-refractivity contribution is -0.136. The highest BCUT2D eigenvalue weighted by Gasteiger charge is 2.18. The molecule has 2 rings (SSSR count). The number of hydrogen-bond acceptors (Lipinski definition) is 6. The Labute approximate surface area is 119 Å². The molecule has 20 heavy (non-hydrogen) atoms. The van der Waals surface area contributed by atoms with Gasteiger partial charge >= 0.3 is 5.97 Å². The van der Waals surface area contributed by atoms with Crippen LogP contribution in [-0.2, 0) is 27.8 Å². The molecule has 2 heterocycles. The summed E-state index contributed by atoms with van der Waals surface area (Å²) in [6.45, 7) is 1.66. The van der Waals surface area contributed by atoms with Crippen LogP contribution >= 0.6 is 11.3 Å². The maximum absolute atomic E-state index is 12.0. The molecule has 0 unspecified atom stereocenters. The van der Waals surface area contributed by atoms with E-state index in [9.17, 15) is 13.2 Å². The van der Waals surface area contributed by atoms with Crippen molar-refractivity contribution in [3.05, 3.63) is 34.9 Å². The summed E-state index contributed by atoms with van der Waals surface area (Å²) in [5, 5.41) is 8.65. The van der Waals surface area contributed by atoms with Crippen LogP contribution < -0.4 is 4.72 Å². The number of nitrogens with zero attached hydrogens (tertiary/aromatic N) is 1. The van der Waals surface area contributed by atoms with E-state index in [0.29, 0.717) is 10.6 Å². The van der Waals surface area contributed by atoms with Crippen molar-refractivity contribution >= 4 is 27.3 Å². The van der Waals surface area contributed by atoms with E-state index in [1.165, 1.54) is 18.3 Å². The molecule has 2 aromatic rings. The zero-order valence-corrected chi connectivity index (χ0v) is 12.1. The Kier molecular flexibility index (Phi) is 4.21. The molecule has 0 atom stereocenters. The Morgan fingerprint density at radius 1 is 1.50 bits per heavy atom. The molecule has 0 spiro atoms. The summed E-state index contributed by atoms with van der Waals surface area (Å²) < 4.78 is 31.6. The van der Waals surface area contributed by atoms with Crippen molar-refractivity contribution in [1.82, 2.24) is 9.71 Å². The highest BCUT2D eigenvalue weighted by atomic mass is 32.2. The van der Waals surface area contributed by atoms with E-state index < -0.39 is 16.0 Å². The van der Waals surface area contributed by atoms with Crippen molar-refractivity contribution in [2.24, 2.45) is 0 Å². The van der Waals surface area contributed by atoms with Gasteiger partial charge in [-0.2, -0.15) is 0 Å². The number of aromatic nitrogens is 1. The molecule has 0 amide bonds. The summed E-state index contributed by atoms with van der Waals surface area (Å²) >= 11 is 0.926. The molecule has 7 nitrogen and oxygen atoms in total. The van der Waals surface area contributed by atoms with Crippen LogP contribution in [0.4, 0.5) is 0 Å². The topological polar surface area (TPSA) is 110 Å². The van der Waals surface area contributed by atoms with E-state index in [2.05, 4.69) is 9.71 Å². The number of thiophene rings is 1. The van der Waals surface area contributed by atoms with Gasteiger partial charge in [-0.15, -0.1) is 11.3 Å². The number of carboxylic acid groups (broad SMARTS) is 1. The molecule has 0 aliphatic heterocycles. The minimum absolute atomic E-state index is 0.0532. The quantitative estimate of drug-likeness (QED) is 0.827. The van der Waals surface area contributed by atoms with Gasteiger partial charge in [0.2, 0.25) is 5.89 Å². The molecule has 0 saturated heterocycles. The van der Waals surface area contributed by atoms with Gasteiger partial charge in [0, 0.05) is 4.88 Å². The lowest BCUT2D eigenvalue weighted by Gasteiger charge is -2.01. The number of hydrogen-bond donors (Lipinski definition) is 2. The Hall–Kier alpha value is -1.71. The lowest BCUT2D eigenvalue weighted by atomic mass is 10.3. The fourth-order valence-electron chi connectivity index (χ4n) is 1.46. The van der Waals surface area contributed by atoms with Gasteiger partial charge in [-0.3, -0.25) is 4.79 Å². The van der Waals surface area contributed by atoms with Crippen LogP contribution in [0.25, 0.3) is 0 Å². The van der Waals surface area contributed by atoms with Crippen LogP contribution in [0.5, 0.6) is 0 Å². The van der Waals surface area contributed by atoms with E-state index >= 15 is 0 Å². The van der Waals surface area contributed by atoms with Crippen molar-refractivity contribution in [1.29, 1.82) is 0 Å². The molecule has 0 aliphatic rings. The van der Waals surface area contributed by atoms with Crippen LogP contribution in [0.1, 0.15) is 16.5 Å². The van der Waals surface area contributed by atoms with Crippen LogP contribution in [0.3, 0.4) is 0 Å². The molecule has 9 heteroatoms. The average Bonchev–Trinajstić information content (AvgIpc) is 2.95. The van der Waals surface area contributed by atoms with Crippen molar-refractivity contribution in [2.75, 3.05) is 0 Å². The minimum Gasteiger partial charge on any atom is -0.481 e. The van der Waals surface area contributed by atoms with Gasteiger partial charge in [0.15, 0.2) is 0 Å². The fraction of sp³-hybridized carbons (Fsp3) is 0.273. The second kappa shape index (κ2) is 5.73. The average molecular weight is 316 g/mol. The molecule has 0 fully saturated rings. The largest absolute Gasteiger partial charge is 0.481 e. The van der Waals surface area contributed by atoms with Gasteiger partial charge in [-0.05, 0) is 19.1 Å². The smallest absolute Gasteiger partial charge is 0.308 e. The predicted molar refractivity (Wildman–Crippen MR) is 70.9 cm³/mol. The van der Waals surface area contributed by atoms with Gasteiger partial charge < -0.3 is 9.52 Å². The Morgan fingerprint density at radius 2 is 2.25 bits per heavy atom. The van der Waals surface area contributed by atoms with E-state index in [1.54, 1.807) is 6.92 Å². The SMILES string of the molecule is Cc1cnc(CNS(=O)(=O)c2ccc(CC(=O)O)s2)o1. The second-order valence-electron chi connectivity index (χ2n) is 3.98.